The Hall–Kier alpha value is -3.71. The number of aromatic nitrogens is 3. The fourth-order valence-electron chi connectivity index (χ4n) is 4.40. The summed E-state index contributed by atoms with van der Waals surface area (Å²) in [5.74, 6) is -0.224. The number of aliphatic hydroxyl groups is 1. The summed E-state index contributed by atoms with van der Waals surface area (Å²) in [5.41, 5.74) is 3.75. The van der Waals surface area contributed by atoms with Crippen LogP contribution >= 0.6 is 23.2 Å². The highest BCUT2D eigenvalue weighted by atomic mass is 35.5. The molecule has 37 heavy (non-hydrogen) atoms. The molecule has 0 spiro atoms. The first kappa shape index (κ1) is 25.0. The van der Waals surface area contributed by atoms with Gasteiger partial charge in [0.25, 0.3) is 0 Å². The molecule has 6 nitrogen and oxygen atoms in total. The summed E-state index contributed by atoms with van der Waals surface area (Å²) >= 11 is 12.3. The van der Waals surface area contributed by atoms with Crippen molar-refractivity contribution < 1.29 is 14.6 Å². The van der Waals surface area contributed by atoms with E-state index in [4.69, 9.17) is 27.9 Å². The average Bonchev–Trinajstić information content (AvgIpc) is 3.34. The van der Waals surface area contributed by atoms with Crippen molar-refractivity contribution in [2.75, 3.05) is 6.61 Å². The minimum Gasteiger partial charge on any atom is -0.487 e. The molecule has 1 unspecified atom stereocenters. The van der Waals surface area contributed by atoms with Crippen molar-refractivity contribution in [3.05, 3.63) is 118 Å². The summed E-state index contributed by atoms with van der Waals surface area (Å²) in [6.07, 6.45) is 3.39. The number of Topliss-reactive ketones (excluding diaryl/α,β-unsaturated/α-hetero) is 1. The second-order valence-electron chi connectivity index (χ2n) is 8.51. The fraction of sp³-hybridized carbons (Fsp3) is 0.138. The molecule has 0 aliphatic carbocycles. The van der Waals surface area contributed by atoms with Crippen LogP contribution in [-0.4, -0.2) is 32.0 Å². The zero-order chi connectivity index (χ0) is 25.8. The van der Waals surface area contributed by atoms with E-state index in [2.05, 4.69) is 14.5 Å². The number of rotatable bonds is 9. The third-order valence-electron chi connectivity index (χ3n) is 6.21. The molecule has 2 heterocycles. The number of ether oxygens (including phenoxy) is 1. The van der Waals surface area contributed by atoms with E-state index >= 15 is 0 Å². The number of hydrogen-bond acceptors (Lipinski definition) is 5. The normalized spacial score (nSPS) is 12.0. The fourth-order valence-corrected chi connectivity index (χ4v) is 4.90. The highest BCUT2D eigenvalue weighted by Crippen LogP contribution is 2.33. The quantitative estimate of drug-likeness (QED) is 0.170. The van der Waals surface area contributed by atoms with Crippen LogP contribution in [0.25, 0.3) is 16.6 Å². The maximum absolute atomic E-state index is 13.4. The van der Waals surface area contributed by atoms with Crippen molar-refractivity contribution in [3.8, 4) is 11.4 Å². The zero-order valence-electron chi connectivity index (χ0n) is 19.7. The Morgan fingerprint density at radius 2 is 1.68 bits per heavy atom. The molecule has 1 atom stereocenters. The van der Waals surface area contributed by atoms with E-state index in [-0.39, 0.29) is 34.7 Å². The molecule has 8 heteroatoms. The van der Waals surface area contributed by atoms with Crippen molar-refractivity contribution in [1.29, 1.82) is 0 Å². The van der Waals surface area contributed by atoms with Gasteiger partial charge in [0, 0.05) is 24.1 Å². The highest BCUT2D eigenvalue weighted by molar-refractivity contribution is 6.38. The van der Waals surface area contributed by atoms with Crippen LogP contribution in [0.15, 0.2) is 91.4 Å². The number of carbonyl (C=O) groups excluding carboxylic acids is 1. The summed E-state index contributed by atoms with van der Waals surface area (Å²) in [4.78, 5) is 21.2. The molecule has 0 bridgehead atoms. The van der Waals surface area contributed by atoms with Crippen molar-refractivity contribution in [1.82, 2.24) is 14.5 Å². The second kappa shape index (κ2) is 11.1. The van der Waals surface area contributed by atoms with E-state index in [1.807, 2.05) is 85.1 Å². The summed E-state index contributed by atoms with van der Waals surface area (Å²) < 4.78 is 8.22. The Bertz CT molecular complexity index is 1530. The van der Waals surface area contributed by atoms with Crippen LogP contribution in [0.4, 0.5) is 0 Å². The van der Waals surface area contributed by atoms with Gasteiger partial charge >= 0.3 is 0 Å². The maximum Gasteiger partial charge on any atom is 0.176 e. The van der Waals surface area contributed by atoms with Crippen LogP contribution in [0.2, 0.25) is 10.3 Å². The Balaban J connectivity index is 1.48. The third-order valence-corrected chi connectivity index (χ3v) is 6.79. The summed E-state index contributed by atoms with van der Waals surface area (Å²) in [6.45, 7) is 0.283. The average molecular weight is 532 g/mol. The largest absolute Gasteiger partial charge is 0.487 e. The molecular weight excluding hydrogens is 509 g/mol. The molecule has 0 aliphatic heterocycles. The van der Waals surface area contributed by atoms with Crippen LogP contribution in [0.1, 0.15) is 33.8 Å². The molecule has 0 fully saturated rings. The number of halogens is 2. The molecule has 0 aliphatic rings. The minimum absolute atomic E-state index is 0.00715. The first-order chi connectivity index (χ1) is 18.1. The van der Waals surface area contributed by atoms with Gasteiger partial charge in [-0.25, -0.2) is 9.97 Å². The lowest BCUT2D eigenvalue weighted by Gasteiger charge is -2.17. The Kier molecular flexibility index (Phi) is 7.51. The van der Waals surface area contributed by atoms with Gasteiger partial charge in [-0.3, -0.25) is 4.79 Å². The van der Waals surface area contributed by atoms with Gasteiger partial charge in [-0.2, -0.15) is 0 Å². The molecule has 0 saturated carbocycles. The van der Waals surface area contributed by atoms with Gasteiger partial charge in [-0.05, 0) is 47.9 Å². The number of benzene rings is 3. The van der Waals surface area contributed by atoms with Gasteiger partial charge in [0.05, 0.1) is 16.8 Å². The van der Waals surface area contributed by atoms with Crippen molar-refractivity contribution >= 4 is 39.9 Å². The topological polar surface area (TPSA) is 77.2 Å². The number of hydrogen-bond donors (Lipinski definition) is 1. The molecule has 5 aromatic rings. The van der Waals surface area contributed by atoms with Gasteiger partial charge in [0.2, 0.25) is 0 Å². The van der Waals surface area contributed by atoms with E-state index in [9.17, 15) is 9.90 Å². The van der Waals surface area contributed by atoms with E-state index in [0.29, 0.717) is 6.61 Å². The molecule has 0 saturated heterocycles. The first-order valence-electron chi connectivity index (χ1n) is 11.7. The zero-order valence-corrected chi connectivity index (χ0v) is 21.2. The number of aliphatic hydroxyl groups excluding tert-OH is 1. The highest BCUT2D eigenvalue weighted by Gasteiger charge is 2.27. The smallest absolute Gasteiger partial charge is 0.176 e. The molecule has 5 rings (SSSR count). The number of fused-ring (bicyclic) bond motifs is 1. The molecule has 0 radical (unpaired) electrons. The van der Waals surface area contributed by atoms with Crippen LogP contribution in [0, 0.1) is 0 Å². The van der Waals surface area contributed by atoms with Crippen molar-refractivity contribution in [2.24, 2.45) is 0 Å². The SMILES string of the molecule is O=C(c1c(Cl)ncnc1Cl)C(CCO)c1ccc2c(ccn2-c2ccccc2OCc2ccccc2)c1. The number of nitrogens with zero attached hydrogens (tertiary/aromatic N) is 3. The summed E-state index contributed by atoms with van der Waals surface area (Å²) in [6, 6.07) is 25.7. The van der Waals surface area contributed by atoms with E-state index in [1.165, 1.54) is 6.33 Å². The van der Waals surface area contributed by atoms with Crippen LogP contribution in [0.5, 0.6) is 5.75 Å². The number of ketones is 1. The Morgan fingerprint density at radius 1 is 0.946 bits per heavy atom. The lowest BCUT2D eigenvalue weighted by atomic mass is 9.88. The minimum atomic E-state index is -0.653. The summed E-state index contributed by atoms with van der Waals surface area (Å²) in [5, 5.41) is 10.6. The lowest BCUT2D eigenvalue weighted by Crippen LogP contribution is -2.16. The van der Waals surface area contributed by atoms with Gasteiger partial charge in [-0.15, -0.1) is 0 Å². The van der Waals surface area contributed by atoms with Crippen LogP contribution in [-0.2, 0) is 6.61 Å². The molecule has 3 aromatic carbocycles. The van der Waals surface area contributed by atoms with Crippen molar-refractivity contribution in [3.63, 3.8) is 0 Å². The molecule has 0 amide bonds. The molecular formula is C29H23Cl2N3O3. The van der Waals surface area contributed by atoms with Gasteiger partial charge in [0.1, 0.15) is 29.0 Å². The molecule has 2 aromatic heterocycles. The van der Waals surface area contributed by atoms with Gasteiger partial charge < -0.3 is 14.4 Å². The monoisotopic (exact) mass is 531 g/mol. The van der Waals surface area contributed by atoms with Gasteiger partial charge in [-0.1, -0.05) is 71.7 Å². The maximum atomic E-state index is 13.4. The second-order valence-corrected chi connectivity index (χ2v) is 9.22. The Morgan fingerprint density at radius 3 is 2.43 bits per heavy atom. The van der Waals surface area contributed by atoms with Crippen LogP contribution in [0.3, 0.4) is 0 Å². The lowest BCUT2D eigenvalue weighted by molar-refractivity contribution is 0.0943. The summed E-state index contributed by atoms with van der Waals surface area (Å²) in [7, 11) is 0. The first-order valence-corrected chi connectivity index (χ1v) is 12.5. The number of carbonyl (C=O) groups is 1. The predicted octanol–water partition coefficient (Wildman–Crippen LogP) is 6.66. The van der Waals surface area contributed by atoms with Crippen LogP contribution < -0.4 is 4.74 Å². The number of para-hydroxylation sites is 2. The van der Waals surface area contributed by atoms with E-state index < -0.39 is 5.92 Å². The van der Waals surface area contributed by atoms with Gasteiger partial charge in [0.15, 0.2) is 5.78 Å². The van der Waals surface area contributed by atoms with E-state index in [0.717, 1.165) is 33.5 Å². The third kappa shape index (κ3) is 5.23. The Labute approximate surface area is 224 Å². The molecule has 1 N–H and O–H groups in total. The molecule has 186 valence electrons. The van der Waals surface area contributed by atoms with E-state index in [1.54, 1.807) is 0 Å². The standard InChI is InChI=1S/C29H23Cl2N3O3/c30-28-26(29(31)33-18-32-28)27(36)22(13-15-35)20-10-11-23-21(16-20)12-14-34(23)24-8-4-5-9-25(24)37-17-19-6-2-1-3-7-19/h1-12,14,16,18,22,35H,13,15,17H2. The van der Waals surface area contributed by atoms with Crippen molar-refractivity contribution in [2.45, 2.75) is 18.9 Å². The predicted molar refractivity (Wildman–Crippen MR) is 145 cm³/mol.